The fraction of sp³-hybridized carbons (Fsp3) is 0.231. The lowest BCUT2D eigenvalue weighted by atomic mass is 10.3. The quantitative estimate of drug-likeness (QED) is 0.790. The van der Waals surface area contributed by atoms with Gasteiger partial charge < -0.3 is 4.98 Å². The highest BCUT2D eigenvalue weighted by Gasteiger charge is 2.17. The summed E-state index contributed by atoms with van der Waals surface area (Å²) in [4.78, 5) is 13.2. The summed E-state index contributed by atoms with van der Waals surface area (Å²) in [6, 6.07) is 5.11. The van der Waals surface area contributed by atoms with Crippen LogP contribution in [-0.2, 0) is 9.84 Å². The van der Waals surface area contributed by atoms with Crippen molar-refractivity contribution in [3.63, 3.8) is 0 Å². The zero-order valence-electron chi connectivity index (χ0n) is 11.3. The maximum Gasteiger partial charge on any atom is 0.177 e. The van der Waals surface area contributed by atoms with Gasteiger partial charge in [0.2, 0.25) is 0 Å². The first-order chi connectivity index (χ1) is 9.36. The standard InChI is InChI=1S/C13H13N3O2S2/c1-7-12(19-8(2)14-7)13-15-9-5-4-6-10(11(9)16-13)20(3,17)18/h4-6H,1-3H3,(H,15,16). The van der Waals surface area contributed by atoms with Crippen molar-refractivity contribution in [1.29, 1.82) is 0 Å². The number of para-hydroxylation sites is 1. The van der Waals surface area contributed by atoms with Crippen LogP contribution in [0.4, 0.5) is 0 Å². The summed E-state index contributed by atoms with van der Waals surface area (Å²) in [6.45, 7) is 3.86. The number of fused-ring (bicyclic) bond motifs is 1. The van der Waals surface area contributed by atoms with Crippen molar-refractivity contribution in [1.82, 2.24) is 15.0 Å². The third-order valence-corrected chi connectivity index (χ3v) is 5.20. The largest absolute Gasteiger partial charge is 0.337 e. The van der Waals surface area contributed by atoms with Gasteiger partial charge in [-0.25, -0.2) is 18.4 Å². The minimum atomic E-state index is -3.30. The fourth-order valence-corrected chi connectivity index (χ4v) is 3.86. The van der Waals surface area contributed by atoms with Crippen molar-refractivity contribution in [3.8, 4) is 10.7 Å². The number of hydrogen-bond donors (Lipinski definition) is 1. The van der Waals surface area contributed by atoms with Crippen LogP contribution in [0.3, 0.4) is 0 Å². The van der Waals surface area contributed by atoms with Gasteiger partial charge in [-0.05, 0) is 26.0 Å². The molecule has 0 saturated heterocycles. The number of imidazole rings is 1. The number of benzene rings is 1. The average molecular weight is 307 g/mol. The molecule has 0 aliphatic rings. The van der Waals surface area contributed by atoms with E-state index >= 15 is 0 Å². The van der Waals surface area contributed by atoms with Crippen LogP contribution in [0.15, 0.2) is 23.1 Å². The molecule has 2 heterocycles. The van der Waals surface area contributed by atoms with Crippen LogP contribution in [-0.4, -0.2) is 29.6 Å². The number of hydrogen-bond acceptors (Lipinski definition) is 5. The summed E-state index contributed by atoms with van der Waals surface area (Å²) >= 11 is 1.54. The van der Waals surface area contributed by atoms with Crippen molar-refractivity contribution in [3.05, 3.63) is 28.9 Å². The molecule has 0 aliphatic heterocycles. The Morgan fingerprint density at radius 2 is 1.95 bits per heavy atom. The second kappa shape index (κ2) is 4.39. The molecule has 0 bridgehead atoms. The van der Waals surface area contributed by atoms with E-state index in [1.54, 1.807) is 23.5 Å². The van der Waals surface area contributed by atoms with Crippen LogP contribution in [0.1, 0.15) is 10.7 Å². The molecule has 0 aliphatic carbocycles. The van der Waals surface area contributed by atoms with Crippen LogP contribution in [0.5, 0.6) is 0 Å². The van der Waals surface area contributed by atoms with E-state index in [4.69, 9.17) is 0 Å². The predicted octanol–water partition coefficient (Wildman–Crippen LogP) is 2.71. The highest BCUT2D eigenvalue weighted by molar-refractivity contribution is 7.91. The van der Waals surface area contributed by atoms with E-state index in [0.717, 1.165) is 15.6 Å². The number of H-pyrrole nitrogens is 1. The Hall–Kier alpha value is -1.73. The molecule has 0 saturated carbocycles. The smallest absolute Gasteiger partial charge is 0.177 e. The average Bonchev–Trinajstić information content (AvgIpc) is 2.89. The first-order valence-electron chi connectivity index (χ1n) is 5.99. The van der Waals surface area contributed by atoms with Gasteiger partial charge in [0.05, 0.1) is 26.0 Å². The van der Waals surface area contributed by atoms with E-state index < -0.39 is 9.84 Å². The van der Waals surface area contributed by atoms with E-state index in [1.165, 1.54) is 6.26 Å². The topological polar surface area (TPSA) is 75.7 Å². The van der Waals surface area contributed by atoms with Crippen LogP contribution < -0.4 is 0 Å². The summed E-state index contributed by atoms with van der Waals surface area (Å²) < 4.78 is 23.6. The highest BCUT2D eigenvalue weighted by Crippen LogP contribution is 2.30. The minimum Gasteiger partial charge on any atom is -0.337 e. The van der Waals surface area contributed by atoms with Crippen LogP contribution in [0.2, 0.25) is 0 Å². The second-order valence-corrected chi connectivity index (χ2v) is 7.84. The number of aryl methyl sites for hydroxylation is 2. The van der Waals surface area contributed by atoms with Crippen LogP contribution in [0, 0.1) is 13.8 Å². The first kappa shape index (κ1) is 13.3. The van der Waals surface area contributed by atoms with Gasteiger partial charge in [0.1, 0.15) is 5.52 Å². The molecule has 0 atom stereocenters. The Balaban J connectivity index is 2.29. The van der Waals surface area contributed by atoms with Gasteiger partial charge in [-0.1, -0.05) is 6.07 Å². The van der Waals surface area contributed by atoms with Crippen molar-refractivity contribution in [2.45, 2.75) is 18.7 Å². The van der Waals surface area contributed by atoms with Crippen molar-refractivity contribution in [2.24, 2.45) is 0 Å². The lowest BCUT2D eigenvalue weighted by Gasteiger charge is -1.97. The Bertz CT molecular complexity index is 907. The van der Waals surface area contributed by atoms with E-state index in [2.05, 4.69) is 15.0 Å². The van der Waals surface area contributed by atoms with E-state index in [0.29, 0.717) is 16.9 Å². The highest BCUT2D eigenvalue weighted by atomic mass is 32.2. The summed E-state index contributed by atoms with van der Waals surface area (Å²) in [5.41, 5.74) is 2.09. The van der Waals surface area contributed by atoms with Gasteiger partial charge >= 0.3 is 0 Å². The van der Waals surface area contributed by atoms with Gasteiger partial charge in [-0.2, -0.15) is 0 Å². The molecule has 0 fully saturated rings. The number of aromatic nitrogens is 3. The molecular weight excluding hydrogens is 294 g/mol. The predicted molar refractivity (Wildman–Crippen MR) is 79.8 cm³/mol. The molecule has 1 aromatic carbocycles. The Morgan fingerprint density at radius 3 is 2.55 bits per heavy atom. The van der Waals surface area contributed by atoms with Crippen molar-refractivity contribution >= 4 is 32.2 Å². The molecule has 1 N–H and O–H groups in total. The third-order valence-electron chi connectivity index (χ3n) is 2.99. The summed E-state index contributed by atoms with van der Waals surface area (Å²) in [5, 5.41) is 0.960. The normalized spacial score (nSPS) is 12.2. The second-order valence-electron chi connectivity index (χ2n) is 4.66. The number of sulfone groups is 1. The fourth-order valence-electron chi connectivity index (χ4n) is 2.16. The molecule has 5 nitrogen and oxygen atoms in total. The molecule has 0 spiro atoms. The molecule has 0 unspecified atom stereocenters. The summed E-state index contributed by atoms with van der Waals surface area (Å²) in [6.07, 6.45) is 1.19. The number of rotatable bonds is 2. The molecule has 104 valence electrons. The molecule has 3 aromatic rings. The lowest BCUT2D eigenvalue weighted by Crippen LogP contribution is -1.97. The van der Waals surface area contributed by atoms with Gasteiger partial charge in [-0.15, -0.1) is 11.3 Å². The maximum atomic E-state index is 11.8. The van der Waals surface area contributed by atoms with Gasteiger partial charge in [0, 0.05) is 6.26 Å². The maximum absolute atomic E-state index is 11.8. The number of aromatic amines is 1. The third kappa shape index (κ3) is 2.12. The first-order valence-corrected chi connectivity index (χ1v) is 8.70. The van der Waals surface area contributed by atoms with E-state index in [1.807, 2.05) is 19.9 Å². The molecule has 7 heteroatoms. The number of nitrogens with zero attached hydrogens (tertiary/aromatic N) is 2. The van der Waals surface area contributed by atoms with Gasteiger partial charge in [0.15, 0.2) is 15.7 Å². The molecule has 0 amide bonds. The summed E-state index contributed by atoms with van der Waals surface area (Å²) in [7, 11) is -3.30. The molecule has 3 rings (SSSR count). The van der Waals surface area contributed by atoms with Crippen LogP contribution in [0.25, 0.3) is 21.7 Å². The van der Waals surface area contributed by atoms with E-state index in [9.17, 15) is 8.42 Å². The van der Waals surface area contributed by atoms with Crippen molar-refractivity contribution < 1.29 is 8.42 Å². The SMILES string of the molecule is Cc1nc(C)c(-c2nc3c(S(C)(=O)=O)cccc3[nH]2)s1. The van der Waals surface area contributed by atoms with Crippen LogP contribution >= 0.6 is 11.3 Å². The lowest BCUT2D eigenvalue weighted by molar-refractivity contribution is 0.602. The molecule has 2 aromatic heterocycles. The zero-order chi connectivity index (χ0) is 14.5. The minimum absolute atomic E-state index is 0.247. The molecule has 20 heavy (non-hydrogen) atoms. The van der Waals surface area contributed by atoms with Gasteiger partial charge in [-0.3, -0.25) is 0 Å². The van der Waals surface area contributed by atoms with E-state index in [-0.39, 0.29) is 4.90 Å². The Morgan fingerprint density at radius 1 is 1.20 bits per heavy atom. The van der Waals surface area contributed by atoms with Crippen molar-refractivity contribution in [2.75, 3.05) is 6.26 Å². The summed E-state index contributed by atoms with van der Waals surface area (Å²) in [5.74, 6) is 0.666. The Kier molecular flexibility index (Phi) is 2.91. The monoisotopic (exact) mass is 307 g/mol. The molecule has 0 radical (unpaired) electrons. The number of thiazole rings is 1. The Labute approximate surface area is 120 Å². The zero-order valence-corrected chi connectivity index (χ0v) is 12.9. The number of nitrogens with one attached hydrogen (secondary N) is 1. The molecular formula is C13H13N3O2S2. The van der Waals surface area contributed by atoms with Gasteiger partial charge in [0.25, 0.3) is 0 Å².